The first-order valence-electron chi connectivity index (χ1n) is 6.01. The zero-order chi connectivity index (χ0) is 15.2. The Kier molecular flexibility index (Phi) is 5.14. The lowest BCUT2D eigenvalue weighted by Crippen LogP contribution is -2.06. The predicted molar refractivity (Wildman–Crippen MR) is 84.0 cm³/mol. The first kappa shape index (κ1) is 15.3. The minimum absolute atomic E-state index is 0.0444. The van der Waals surface area contributed by atoms with Crippen molar-refractivity contribution in [3.05, 3.63) is 73.8 Å². The van der Waals surface area contributed by atoms with Crippen LogP contribution in [-0.4, -0.2) is 11.1 Å². The van der Waals surface area contributed by atoms with Gasteiger partial charge >= 0.3 is 0 Å². The highest BCUT2D eigenvalue weighted by molar-refractivity contribution is 6.35. The quantitative estimate of drug-likeness (QED) is 0.513. The molecule has 7 heteroatoms. The minimum atomic E-state index is -0.446. The second-order valence-electron chi connectivity index (χ2n) is 4.14. The van der Waals surface area contributed by atoms with Crippen LogP contribution in [-0.2, 0) is 6.54 Å². The number of non-ortho nitro benzene ring substituents is 1. The van der Waals surface area contributed by atoms with Crippen molar-refractivity contribution >= 4 is 35.1 Å². The molecule has 0 spiro atoms. The molecule has 21 heavy (non-hydrogen) atoms. The predicted octanol–water partition coefficient (Wildman–Crippen LogP) is 4.03. The molecule has 0 saturated carbocycles. The van der Waals surface area contributed by atoms with Gasteiger partial charge in [0.25, 0.3) is 5.69 Å². The molecule has 0 atom stereocenters. The fourth-order valence-electron chi connectivity index (χ4n) is 1.63. The Bertz CT molecular complexity index is 652. The number of hydrogen-bond acceptors (Lipinski definition) is 4. The Balaban J connectivity index is 1.95. The van der Waals surface area contributed by atoms with E-state index in [0.717, 1.165) is 11.1 Å². The van der Waals surface area contributed by atoms with Crippen molar-refractivity contribution < 1.29 is 4.92 Å². The maximum atomic E-state index is 10.5. The van der Waals surface area contributed by atoms with Crippen molar-refractivity contribution in [2.45, 2.75) is 6.54 Å². The molecular formula is C14H11Cl2N3O2. The van der Waals surface area contributed by atoms with Crippen molar-refractivity contribution in [3.8, 4) is 0 Å². The third-order valence-electron chi connectivity index (χ3n) is 2.73. The summed E-state index contributed by atoms with van der Waals surface area (Å²) in [6, 6.07) is 11.4. The van der Waals surface area contributed by atoms with Crippen LogP contribution in [0.5, 0.6) is 0 Å². The van der Waals surface area contributed by atoms with Crippen molar-refractivity contribution in [1.29, 1.82) is 0 Å². The summed E-state index contributed by atoms with van der Waals surface area (Å²) in [6.45, 7) is 0.391. The number of nitrogens with one attached hydrogen (secondary N) is 1. The maximum Gasteiger partial charge on any atom is 0.269 e. The normalized spacial score (nSPS) is 10.8. The van der Waals surface area contributed by atoms with Gasteiger partial charge in [0.15, 0.2) is 0 Å². The average molecular weight is 324 g/mol. The Morgan fingerprint density at radius 3 is 2.33 bits per heavy atom. The molecule has 2 rings (SSSR count). The molecule has 2 aromatic carbocycles. The molecule has 0 fully saturated rings. The third kappa shape index (κ3) is 4.18. The SMILES string of the molecule is O=[N+]([O-])c1ccc(/C=N/NCc2c(Cl)cccc2Cl)cc1. The number of benzene rings is 2. The lowest BCUT2D eigenvalue weighted by atomic mass is 10.2. The molecule has 2 aromatic rings. The van der Waals surface area contributed by atoms with Gasteiger partial charge in [0.1, 0.15) is 0 Å². The molecule has 0 aliphatic heterocycles. The molecule has 0 aromatic heterocycles. The van der Waals surface area contributed by atoms with Crippen molar-refractivity contribution in [1.82, 2.24) is 5.43 Å². The van der Waals surface area contributed by atoms with Gasteiger partial charge in [0, 0.05) is 27.7 Å². The van der Waals surface area contributed by atoms with Crippen LogP contribution < -0.4 is 5.43 Å². The number of nitro groups is 1. The molecule has 0 amide bonds. The lowest BCUT2D eigenvalue weighted by Gasteiger charge is -2.05. The van der Waals surface area contributed by atoms with E-state index in [1.807, 2.05) is 0 Å². The zero-order valence-corrected chi connectivity index (χ0v) is 12.3. The Morgan fingerprint density at radius 2 is 1.76 bits per heavy atom. The highest BCUT2D eigenvalue weighted by atomic mass is 35.5. The number of hydrogen-bond donors (Lipinski definition) is 1. The van der Waals surface area contributed by atoms with Gasteiger partial charge in [0.2, 0.25) is 0 Å². The van der Waals surface area contributed by atoms with Crippen LogP contribution in [0.15, 0.2) is 47.6 Å². The molecule has 0 saturated heterocycles. The molecule has 0 unspecified atom stereocenters. The molecule has 108 valence electrons. The van der Waals surface area contributed by atoms with Gasteiger partial charge < -0.3 is 5.43 Å². The van der Waals surface area contributed by atoms with Crippen molar-refractivity contribution in [2.75, 3.05) is 0 Å². The lowest BCUT2D eigenvalue weighted by molar-refractivity contribution is -0.384. The van der Waals surface area contributed by atoms with Gasteiger partial charge in [-0.3, -0.25) is 10.1 Å². The van der Waals surface area contributed by atoms with Crippen LogP contribution in [0.3, 0.4) is 0 Å². The van der Waals surface area contributed by atoms with Gasteiger partial charge in [0.05, 0.1) is 17.7 Å². The monoisotopic (exact) mass is 323 g/mol. The van der Waals surface area contributed by atoms with Gasteiger partial charge in [-0.1, -0.05) is 29.3 Å². The van der Waals surface area contributed by atoms with E-state index in [0.29, 0.717) is 16.6 Å². The van der Waals surface area contributed by atoms with E-state index in [4.69, 9.17) is 23.2 Å². The van der Waals surface area contributed by atoms with E-state index in [9.17, 15) is 10.1 Å². The molecule has 5 nitrogen and oxygen atoms in total. The summed E-state index contributed by atoms with van der Waals surface area (Å²) in [4.78, 5) is 10.1. The van der Waals surface area contributed by atoms with Gasteiger partial charge in [-0.25, -0.2) is 0 Å². The molecule has 1 N–H and O–H groups in total. The summed E-state index contributed by atoms with van der Waals surface area (Å²) in [5.41, 5.74) is 4.39. The van der Waals surface area contributed by atoms with Crippen LogP contribution in [0, 0.1) is 10.1 Å². The summed E-state index contributed by atoms with van der Waals surface area (Å²) in [5.74, 6) is 0. The highest BCUT2D eigenvalue weighted by Gasteiger charge is 2.04. The fourth-order valence-corrected chi connectivity index (χ4v) is 2.16. The Hall–Kier alpha value is -2.11. The number of rotatable bonds is 5. The summed E-state index contributed by atoms with van der Waals surface area (Å²) < 4.78 is 0. The first-order chi connectivity index (χ1) is 10.1. The molecular weight excluding hydrogens is 313 g/mol. The Morgan fingerprint density at radius 1 is 1.14 bits per heavy atom. The third-order valence-corrected chi connectivity index (χ3v) is 3.43. The maximum absolute atomic E-state index is 10.5. The molecule has 0 bridgehead atoms. The van der Waals surface area contributed by atoms with Gasteiger partial charge in [-0.05, 0) is 29.8 Å². The van der Waals surface area contributed by atoms with E-state index < -0.39 is 4.92 Å². The number of halogens is 2. The second-order valence-corrected chi connectivity index (χ2v) is 4.96. The molecule has 0 heterocycles. The van der Waals surface area contributed by atoms with Crippen molar-refractivity contribution in [2.24, 2.45) is 5.10 Å². The van der Waals surface area contributed by atoms with Gasteiger partial charge in [-0.2, -0.15) is 5.10 Å². The smallest absolute Gasteiger partial charge is 0.269 e. The summed E-state index contributed by atoms with van der Waals surface area (Å²) >= 11 is 12.1. The summed E-state index contributed by atoms with van der Waals surface area (Å²) in [7, 11) is 0. The average Bonchev–Trinajstić information content (AvgIpc) is 2.46. The standard InChI is InChI=1S/C14H11Cl2N3O2/c15-13-2-1-3-14(16)12(13)9-18-17-8-10-4-6-11(7-5-10)19(20)21/h1-8,18H,9H2/b17-8+. The largest absolute Gasteiger partial charge is 0.306 e. The number of nitro benzene ring substituents is 1. The van der Waals surface area contributed by atoms with Crippen LogP contribution in [0.2, 0.25) is 10.0 Å². The highest BCUT2D eigenvalue weighted by Crippen LogP contribution is 2.23. The van der Waals surface area contributed by atoms with Gasteiger partial charge in [-0.15, -0.1) is 0 Å². The Labute approximate surface area is 131 Å². The van der Waals surface area contributed by atoms with Crippen molar-refractivity contribution in [3.63, 3.8) is 0 Å². The van der Waals surface area contributed by atoms with E-state index in [1.165, 1.54) is 12.1 Å². The number of nitrogens with zero attached hydrogens (tertiary/aromatic N) is 2. The molecule has 0 aliphatic carbocycles. The summed E-state index contributed by atoms with van der Waals surface area (Å²) in [6.07, 6.45) is 1.56. The molecule has 0 radical (unpaired) electrons. The van der Waals surface area contributed by atoms with Crippen LogP contribution >= 0.6 is 23.2 Å². The fraction of sp³-hybridized carbons (Fsp3) is 0.0714. The summed E-state index contributed by atoms with van der Waals surface area (Å²) in [5, 5.41) is 15.7. The van der Waals surface area contributed by atoms with Crippen LogP contribution in [0.1, 0.15) is 11.1 Å². The van der Waals surface area contributed by atoms with E-state index in [-0.39, 0.29) is 5.69 Å². The zero-order valence-electron chi connectivity index (χ0n) is 10.8. The topological polar surface area (TPSA) is 67.5 Å². The van der Waals surface area contributed by atoms with E-state index in [1.54, 1.807) is 36.5 Å². The van der Waals surface area contributed by atoms with Crippen LogP contribution in [0.4, 0.5) is 5.69 Å². The van der Waals surface area contributed by atoms with E-state index in [2.05, 4.69) is 10.5 Å². The molecule has 0 aliphatic rings. The van der Waals surface area contributed by atoms with Crippen LogP contribution in [0.25, 0.3) is 0 Å². The second kappa shape index (κ2) is 7.06. The minimum Gasteiger partial charge on any atom is -0.306 e. The van der Waals surface area contributed by atoms with E-state index >= 15 is 0 Å². The number of hydrazone groups is 1. The first-order valence-corrected chi connectivity index (χ1v) is 6.77.